The molecule has 1 fully saturated rings. The van der Waals surface area contributed by atoms with Gasteiger partial charge in [-0.15, -0.1) is 5.10 Å². The SMILES string of the molecule is CON=C(c1ccccc1)C1CCN(CCn2ncc3c2nc(N)n2nc(-c4ccco4)nc32)CC1. The molecule has 1 saturated heterocycles. The smallest absolute Gasteiger partial charge is 0.225 e. The fourth-order valence-corrected chi connectivity index (χ4v) is 4.87. The van der Waals surface area contributed by atoms with Crippen molar-refractivity contribution < 1.29 is 9.25 Å². The highest BCUT2D eigenvalue weighted by Gasteiger charge is 2.25. The first kappa shape index (κ1) is 22.2. The predicted molar refractivity (Wildman–Crippen MR) is 135 cm³/mol. The minimum Gasteiger partial charge on any atom is -0.461 e. The summed E-state index contributed by atoms with van der Waals surface area (Å²) < 4.78 is 8.85. The van der Waals surface area contributed by atoms with Crippen molar-refractivity contribution in [2.24, 2.45) is 11.1 Å². The van der Waals surface area contributed by atoms with Gasteiger partial charge in [0.15, 0.2) is 17.1 Å². The molecule has 11 heteroatoms. The van der Waals surface area contributed by atoms with Crippen molar-refractivity contribution in [2.45, 2.75) is 19.4 Å². The van der Waals surface area contributed by atoms with Crippen LogP contribution in [0.4, 0.5) is 5.95 Å². The van der Waals surface area contributed by atoms with E-state index in [1.807, 2.05) is 28.9 Å². The van der Waals surface area contributed by atoms with E-state index in [1.165, 1.54) is 4.52 Å². The zero-order chi connectivity index (χ0) is 24.5. The third-order valence-corrected chi connectivity index (χ3v) is 6.70. The molecule has 36 heavy (non-hydrogen) atoms. The molecule has 0 spiro atoms. The summed E-state index contributed by atoms with van der Waals surface area (Å²) in [4.78, 5) is 16.8. The van der Waals surface area contributed by atoms with Crippen molar-refractivity contribution >= 4 is 28.3 Å². The molecule has 5 heterocycles. The van der Waals surface area contributed by atoms with Gasteiger partial charge >= 0.3 is 0 Å². The van der Waals surface area contributed by atoms with Gasteiger partial charge in [0.05, 0.1) is 30.1 Å². The molecule has 0 aliphatic carbocycles. The highest BCUT2D eigenvalue weighted by molar-refractivity contribution is 6.02. The first-order chi connectivity index (χ1) is 17.7. The number of nitrogens with zero attached hydrogens (tertiary/aromatic N) is 8. The third-order valence-electron chi connectivity index (χ3n) is 6.70. The maximum atomic E-state index is 6.22. The van der Waals surface area contributed by atoms with Crippen molar-refractivity contribution in [3.8, 4) is 11.6 Å². The standard InChI is InChI=1S/C25H27N9O2/c1-35-31-21(17-6-3-2-4-7-17)18-9-11-32(12-10-18)13-14-33-23-19(16-27-33)24-28-22(20-8-5-15-36-20)30-34(24)25(26)29-23/h2-8,15-16,18H,9-14H2,1H3,(H2,26,29). The zero-order valence-electron chi connectivity index (χ0n) is 20.0. The average Bonchev–Trinajstić information content (AvgIpc) is 3.67. The Morgan fingerprint density at radius 2 is 1.92 bits per heavy atom. The number of hydrogen-bond donors (Lipinski definition) is 1. The van der Waals surface area contributed by atoms with Crippen LogP contribution in [0.5, 0.6) is 0 Å². The van der Waals surface area contributed by atoms with E-state index in [0.29, 0.717) is 35.3 Å². The molecule has 0 radical (unpaired) electrons. The maximum absolute atomic E-state index is 6.22. The van der Waals surface area contributed by atoms with Gasteiger partial charge in [-0.05, 0) is 43.6 Å². The van der Waals surface area contributed by atoms with E-state index in [4.69, 9.17) is 15.0 Å². The number of likely N-dealkylation sites (tertiary alicyclic amines) is 1. The lowest BCUT2D eigenvalue weighted by Gasteiger charge is -2.32. The zero-order valence-corrected chi connectivity index (χ0v) is 20.0. The van der Waals surface area contributed by atoms with E-state index in [-0.39, 0.29) is 5.95 Å². The minimum absolute atomic E-state index is 0.260. The Labute approximate surface area is 207 Å². The normalized spacial score (nSPS) is 15.8. The quantitative estimate of drug-likeness (QED) is 0.275. The van der Waals surface area contributed by atoms with Gasteiger partial charge < -0.3 is 19.9 Å². The number of hydrogen-bond acceptors (Lipinski definition) is 9. The second-order valence-corrected chi connectivity index (χ2v) is 8.86. The van der Waals surface area contributed by atoms with E-state index in [2.05, 4.69) is 42.4 Å². The maximum Gasteiger partial charge on any atom is 0.225 e. The lowest BCUT2D eigenvalue weighted by Crippen LogP contribution is -2.38. The van der Waals surface area contributed by atoms with Crippen LogP contribution in [-0.4, -0.2) is 66.7 Å². The number of benzene rings is 1. The van der Waals surface area contributed by atoms with Crippen molar-refractivity contribution in [3.63, 3.8) is 0 Å². The number of nitrogen functional groups attached to an aromatic ring is 1. The van der Waals surface area contributed by atoms with E-state index in [0.717, 1.165) is 49.1 Å². The van der Waals surface area contributed by atoms with Crippen LogP contribution in [-0.2, 0) is 11.4 Å². The van der Waals surface area contributed by atoms with Gasteiger partial charge in [-0.2, -0.15) is 14.6 Å². The molecule has 4 aromatic heterocycles. The number of oxime groups is 1. The molecule has 0 saturated carbocycles. The average molecular weight is 486 g/mol. The minimum atomic E-state index is 0.260. The van der Waals surface area contributed by atoms with Crippen molar-refractivity contribution in [3.05, 3.63) is 60.5 Å². The molecule has 0 amide bonds. The van der Waals surface area contributed by atoms with Gasteiger partial charge in [0.25, 0.3) is 0 Å². The molecule has 11 nitrogen and oxygen atoms in total. The van der Waals surface area contributed by atoms with Gasteiger partial charge in [-0.25, -0.2) is 9.67 Å². The van der Waals surface area contributed by atoms with Crippen LogP contribution in [0.2, 0.25) is 0 Å². The predicted octanol–water partition coefficient (Wildman–Crippen LogP) is 3.08. The fraction of sp³-hybridized carbons (Fsp3) is 0.320. The van der Waals surface area contributed by atoms with Crippen molar-refractivity contribution in [1.29, 1.82) is 0 Å². The highest BCUT2D eigenvalue weighted by atomic mass is 16.6. The summed E-state index contributed by atoms with van der Waals surface area (Å²) in [6, 6.07) is 13.9. The van der Waals surface area contributed by atoms with Gasteiger partial charge in [0, 0.05) is 12.5 Å². The summed E-state index contributed by atoms with van der Waals surface area (Å²) in [7, 11) is 1.61. The Balaban J connectivity index is 1.15. The largest absolute Gasteiger partial charge is 0.461 e. The molecular formula is C25H27N9O2. The van der Waals surface area contributed by atoms with Crippen LogP contribution < -0.4 is 5.73 Å². The summed E-state index contributed by atoms with van der Waals surface area (Å²) in [5.74, 6) is 1.67. The Morgan fingerprint density at radius 3 is 2.67 bits per heavy atom. The molecule has 184 valence electrons. The van der Waals surface area contributed by atoms with Crippen molar-refractivity contribution in [1.82, 2.24) is 34.3 Å². The highest BCUT2D eigenvalue weighted by Crippen LogP contribution is 2.25. The molecule has 2 N–H and O–H groups in total. The van der Waals surface area contributed by atoms with Gasteiger partial charge in [0.1, 0.15) is 7.11 Å². The number of aromatic nitrogens is 6. The second-order valence-electron chi connectivity index (χ2n) is 8.86. The summed E-state index contributed by atoms with van der Waals surface area (Å²) in [5, 5.41) is 14.2. The third kappa shape index (κ3) is 4.07. The van der Waals surface area contributed by atoms with E-state index in [1.54, 1.807) is 25.6 Å². The summed E-state index contributed by atoms with van der Waals surface area (Å²) in [6.07, 6.45) is 5.42. The molecule has 1 aliphatic heterocycles. The Hall–Kier alpha value is -4.25. The van der Waals surface area contributed by atoms with Crippen LogP contribution >= 0.6 is 0 Å². The molecule has 0 unspecified atom stereocenters. The number of nitrogens with two attached hydrogens (primary N) is 1. The lowest BCUT2D eigenvalue weighted by atomic mass is 9.88. The lowest BCUT2D eigenvalue weighted by molar-refractivity contribution is 0.189. The first-order valence-corrected chi connectivity index (χ1v) is 12.0. The summed E-state index contributed by atoms with van der Waals surface area (Å²) in [5.41, 5.74) is 9.69. The Bertz CT molecular complexity index is 1500. The molecule has 1 aromatic carbocycles. The van der Waals surface area contributed by atoms with Crippen LogP contribution in [0.1, 0.15) is 18.4 Å². The Morgan fingerprint density at radius 1 is 1.08 bits per heavy atom. The van der Waals surface area contributed by atoms with Gasteiger partial charge in [-0.3, -0.25) is 0 Å². The molecule has 6 rings (SSSR count). The van der Waals surface area contributed by atoms with Crippen LogP contribution in [0.15, 0.2) is 64.5 Å². The van der Waals surface area contributed by atoms with E-state index >= 15 is 0 Å². The molecule has 0 bridgehead atoms. The topological polar surface area (TPSA) is 125 Å². The van der Waals surface area contributed by atoms with Crippen LogP contribution in [0.3, 0.4) is 0 Å². The number of fused-ring (bicyclic) bond motifs is 3. The molecule has 0 atom stereocenters. The first-order valence-electron chi connectivity index (χ1n) is 12.0. The second kappa shape index (κ2) is 9.42. The number of furan rings is 1. The molecular weight excluding hydrogens is 458 g/mol. The van der Waals surface area contributed by atoms with E-state index < -0.39 is 0 Å². The number of anilines is 1. The molecule has 1 aliphatic rings. The molecule has 5 aromatic rings. The van der Waals surface area contributed by atoms with Crippen LogP contribution in [0.25, 0.3) is 28.3 Å². The summed E-state index contributed by atoms with van der Waals surface area (Å²) >= 11 is 0. The summed E-state index contributed by atoms with van der Waals surface area (Å²) in [6.45, 7) is 3.53. The monoisotopic (exact) mass is 485 g/mol. The number of piperidine rings is 1. The number of rotatable bonds is 7. The van der Waals surface area contributed by atoms with Crippen molar-refractivity contribution in [2.75, 3.05) is 32.5 Å². The van der Waals surface area contributed by atoms with E-state index in [9.17, 15) is 0 Å². The Kier molecular flexibility index (Phi) is 5.82. The van der Waals surface area contributed by atoms with Gasteiger partial charge in [-0.1, -0.05) is 35.5 Å². The van der Waals surface area contributed by atoms with Crippen LogP contribution in [0, 0.1) is 5.92 Å². The fourth-order valence-electron chi connectivity index (χ4n) is 4.87. The van der Waals surface area contributed by atoms with Gasteiger partial charge in [0.2, 0.25) is 11.8 Å².